The Balaban J connectivity index is 2.08. The summed E-state index contributed by atoms with van der Waals surface area (Å²) < 4.78 is 35.3. The first kappa shape index (κ1) is 33.9. The van der Waals surface area contributed by atoms with Crippen LogP contribution in [-0.2, 0) is 21.3 Å². The summed E-state index contributed by atoms with van der Waals surface area (Å²) >= 11 is 0. The maximum Gasteiger partial charge on any atom is 0.409 e. The second kappa shape index (κ2) is 14.7. The molecule has 1 saturated heterocycles. The SMILES string of the molecule is CCOC(=O)N1CCN(C(=O)N(NCc2cccc(/C=N/N)c2)S(=O)(=O)c2c(C(C)C)cc(C(C)C)cc2C(C)C)CC1. The van der Waals surface area contributed by atoms with Gasteiger partial charge in [-0.25, -0.2) is 15.0 Å². The second-order valence-corrected chi connectivity index (χ2v) is 13.3. The maximum absolute atomic E-state index is 14.7. The molecule has 1 aliphatic rings. The zero-order valence-electron chi connectivity index (χ0n) is 26.3. The molecule has 3 N–H and O–H groups in total. The van der Waals surface area contributed by atoms with Gasteiger partial charge in [0.05, 0.1) is 17.7 Å². The molecule has 236 valence electrons. The molecule has 1 aliphatic heterocycles. The van der Waals surface area contributed by atoms with Crippen LogP contribution in [0.3, 0.4) is 0 Å². The van der Waals surface area contributed by atoms with Gasteiger partial charge in [-0.3, -0.25) is 0 Å². The second-order valence-electron chi connectivity index (χ2n) is 11.6. The predicted molar refractivity (Wildman–Crippen MR) is 168 cm³/mol. The number of ether oxygens (including phenoxy) is 1. The van der Waals surface area contributed by atoms with E-state index in [-0.39, 0.29) is 62.0 Å². The van der Waals surface area contributed by atoms with E-state index in [1.807, 2.05) is 64.1 Å². The number of amides is 3. The zero-order chi connectivity index (χ0) is 31.9. The molecule has 43 heavy (non-hydrogen) atoms. The Morgan fingerprint density at radius 3 is 2.07 bits per heavy atom. The van der Waals surface area contributed by atoms with E-state index in [0.717, 1.165) is 21.1 Å². The van der Waals surface area contributed by atoms with Crippen molar-refractivity contribution in [2.24, 2.45) is 10.9 Å². The lowest BCUT2D eigenvalue weighted by Gasteiger charge is -2.37. The van der Waals surface area contributed by atoms with Crippen molar-refractivity contribution < 1.29 is 22.7 Å². The first-order valence-corrected chi connectivity index (χ1v) is 16.2. The van der Waals surface area contributed by atoms with E-state index < -0.39 is 22.1 Å². The van der Waals surface area contributed by atoms with E-state index in [4.69, 9.17) is 10.6 Å². The molecule has 0 atom stereocenters. The van der Waals surface area contributed by atoms with E-state index >= 15 is 0 Å². The van der Waals surface area contributed by atoms with Crippen LogP contribution in [0.4, 0.5) is 9.59 Å². The smallest absolute Gasteiger partial charge is 0.409 e. The number of hydrogen-bond donors (Lipinski definition) is 2. The van der Waals surface area contributed by atoms with Gasteiger partial charge in [-0.2, -0.15) is 13.5 Å². The van der Waals surface area contributed by atoms with E-state index in [1.54, 1.807) is 6.92 Å². The lowest BCUT2D eigenvalue weighted by molar-refractivity contribution is 0.0806. The van der Waals surface area contributed by atoms with Gasteiger partial charge < -0.3 is 20.4 Å². The molecule has 11 nitrogen and oxygen atoms in total. The molecule has 1 fully saturated rings. The van der Waals surface area contributed by atoms with Gasteiger partial charge in [0.25, 0.3) is 10.0 Å². The van der Waals surface area contributed by atoms with Gasteiger partial charge in [0.2, 0.25) is 0 Å². The molecule has 0 radical (unpaired) electrons. The number of nitrogens with two attached hydrogens (primary N) is 1. The molecule has 0 aliphatic carbocycles. The predicted octanol–water partition coefficient (Wildman–Crippen LogP) is 4.94. The van der Waals surface area contributed by atoms with Gasteiger partial charge in [-0.15, -0.1) is 4.41 Å². The Labute approximate surface area is 256 Å². The summed E-state index contributed by atoms with van der Waals surface area (Å²) in [7, 11) is -4.39. The summed E-state index contributed by atoms with van der Waals surface area (Å²) in [4.78, 5) is 29.4. The highest BCUT2D eigenvalue weighted by atomic mass is 32.2. The fourth-order valence-electron chi connectivity index (χ4n) is 4.99. The van der Waals surface area contributed by atoms with Crippen molar-refractivity contribution in [2.45, 2.75) is 77.7 Å². The summed E-state index contributed by atoms with van der Waals surface area (Å²) in [6.45, 7) is 14.8. The van der Waals surface area contributed by atoms with E-state index in [1.165, 1.54) is 16.0 Å². The molecule has 0 saturated carbocycles. The van der Waals surface area contributed by atoms with Gasteiger partial charge >= 0.3 is 12.1 Å². The Bertz CT molecular complexity index is 1390. The lowest BCUT2D eigenvalue weighted by Crippen LogP contribution is -2.58. The number of carbonyl (C=O) groups excluding carboxylic acids is 2. The van der Waals surface area contributed by atoms with Crippen molar-refractivity contribution in [1.29, 1.82) is 0 Å². The lowest BCUT2D eigenvalue weighted by atomic mass is 9.89. The minimum absolute atomic E-state index is 0.0537. The van der Waals surface area contributed by atoms with Crippen LogP contribution < -0.4 is 11.3 Å². The van der Waals surface area contributed by atoms with E-state index in [2.05, 4.69) is 24.4 Å². The van der Waals surface area contributed by atoms with Gasteiger partial charge in [0.15, 0.2) is 0 Å². The van der Waals surface area contributed by atoms with Crippen LogP contribution in [0.1, 0.15) is 94.0 Å². The summed E-state index contributed by atoms with van der Waals surface area (Å²) in [6, 6.07) is 10.5. The number of carbonyl (C=O) groups is 2. The molecule has 3 rings (SSSR count). The minimum atomic E-state index is -4.39. The van der Waals surface area contributed by atoms with E-state index in [0.29, 0.717) is 11.1 Å². The molecule has 12 heteroatoms. The van der Waals surface area contributed by atoms with Gasteiger partial charge in [0.1, 0.15) is 0 Å². The number of piperazine rings is 1. The summed E-state index contributed by atoms with van der Waals surface area (Å²) in [5.74, 6) is 5.28. The normalized spacial score (nSPS) is 14.3. The molecule has 0 aromatic heterocycles. The zero-order valence-corrected chi connectivity index (χ0v) is 27.1. The molecular formula is C31H46N6O5S. The van der Waals surface area contributed by atoms with Crippen molar-refractivity contribution in [3.63, 3.8) is 0 Å². The molecule has 0 spiro atoms. The van der Waals surface area contributed by atoms with Gasteiger partial charge in [-0.05, 0) is 58.6 Å². The summed E-state index contributed by atoms with van der Waals surface area (Å²) in [5, 5.41) is 3.56. The molecule has 2 aromatic rings. The van der Waals surface area contributed by atoms with Gasteiger partial charge in [0, 0.05) is 32.7 Å². The topological polar surface area (TPSA) is 138 Å². The molecule has 2 aromatic carbocycles. The van der Waals surface area contributed by atoms with Crippen LogP contribution in [0.25, 0.3) is 0 Å². The number of hydrazine groups is 1. The quantitative estimate of drug-likeness (QED) is 0.220. The first-order chi connectivity index (χ1) is 20.3. The Hall–Kier alpha value is -3.64. The third-order valence-electron chi connectivity index (χ3n) is 7.43. The fraction of sp³-hybridized carbons (Fsp3) is 0.516. The largest absolute Gasteiger partial charge is 0.450 e. The minimum Gasteiger partial charge on any atom is -0.450 e. The van der Waals surface area contributed by atoms with Crippen molar-refractivity contribution in [3.05, 3.63) is 64.2 Å². The van der Waals surface area contributed by atoms with Crippen LogP contribution in [0, 0.1) is 0 Å². The average Bonchev–Trinajstić information content (AvgIpc) is 2.96. The van der Waals surface area contributed by atoms with Crippen LogP contribution in [0.5, 0.6) is 0 Å². The number of rotatable bonds is 10. The number of urea groups is 1. The fourth-order valence-corrected chi connectivity index (χ4v) is 6.91. The maximum atomic E-state index is 14.7. The number of nitrogens with zero attached hydrogens (tertiary/aromatic N) is 4. The molecular weight excluding hydrogens is 568 g/mol. The van der Waals surface area contributed by atoms with Crippen LogP contribution in [0.2, 0.25) is 0 Å². The number of sulfonamides is 1. The monoisotopic (exact) mass is 614 g/mol. The van der Waals surface area contributed by atoms with Crippen molar-refractivity contribution in [1.82, 2.24) is 19.6 Å². The third kappa shape index (κ3) is 8.05. The Kier molecular flexibility index (Phi) is 11.6. The van der Waals surface area contributed by atoms with Crippen LogP contribution in [0.15, 0.2) is 46.4 Å². The van der Waals surface area contributed by atoms with Crippen molar-refractivity contribution in [2.75, 3.05) is 32.8 Å². The number of benzene rings is 2. The third-order valence-corrected chi connectivity index (χ3v) is 9.18. The van der Waals surface area contributed by atoms with Crippen molar-refractivity contribution in [3.8, 4) is 0 Å². The number of hydrogen-bond acceptors (Lipinski definition) is 8. The standard InChI is InChI=1S/C31H46N6O5S/c1-8-42-31(39)36-14-12-35(13-15-36)30(38)37(34-20-25-11-9-10-24(16-25)19-33-32)43(40,41)29-27(22(4)5)17-26(21(2)3)18-28(29)23(6)7/h9-11,16-19,21-23,34H,8,12-15,20,32H2,1-7H3/b33-19+. The van der Waals surface area contributed by atoms with E-state index in [9.17, 15) is 18.0 Å². The molecule has 0 unspecified atom stereocenters. The van der Waals surface area contributed by atoms with Crippen LogP contribution in [-0.4, -0.2) is 73.8 Å². The van der Waals surface area contributed by atoms with Crippen molar-refractivity contribution >= 4 is 28.4 Å². The van der Waals surface area contributed by atoms with Gasteiger partial charge in [-0.1, -0.05) is 71.9 Å². The Morgan fingerprint density at radius 1 is 0.977 bits per heavy atom. The highest BCUT2D eigenvalue weighted by molar-refractivity contribution is 7.89. The highest BCUT2D eigenvalue weighted by Gasteiger charge is 2.38. The average molecular weight is 615 g/mol. The first-order valence-electron chi connectivity index (χ1n) is 14.8. The molecule has 1 heterocycles. The van der Waals surface area contributed by atoms with Crippen LogP contribution >= 0.6 is 0 Å². The summed E-state index contributed by atoms with van der Waals surface area (Å²) in [6.07, 6.45) is 1.04. The highest BCUT2D eigenvalue weighted by Crippen LogP contribution is 2.36. The Morgan fingerprint density at radius 2 is 1.56 bits per heavy atom. The molecule has 3 amide bonds. The number of nitrogens with one attached hydrogen (secondary N) is 1. The molecule has 0 bridgehead atoms. The number of hydrazone groups is 1. The summed E-state index contributed by atoms with van der Waals surface area (Å²) in [5.41, 5.74) is 6.80.